The van der Waals surface area contributed by atoms with Crippen LogP contribution in [-0.2, 0) is 7.05 Å². The molecule has 0 fully saturated rings. The maximum atomic E-state index is 12.4. The van der Waals surface area contributed by atoms with Crippen LogP contribution in [0.15, 0.2) is 60.6 Å². The average Bonchev–Trinajstić information content (AvgIpc) is 2.59. The van der Waals surface area contributed by atoms with Gasteiger partial charge in [0, 0.05) is 16.8 Å². The summed E-state index contributed by atoms with van der Waals surface area (Å²) in [6.45, 7) is 5.81. The van der Waals surface area contributed by atoms with E-state index in [9.17, 15) is 14.4 Å². The van der Waals surface area contributed by atoms with Crippen LogP contribution in [0.1, 0.15) is 16.7 Å². The lowest BCUT2D eigenvalue weighted by molar-refractivity contribution is 0.658. The van der Waals surface area contributed by atoms with E-state index in [1.54, 1.807) is 17.8 Å². The Morgan fingerprint density at radius 3 is 2.19 bits per heavy atom. The minimum atomic E-state index is -0.737. The van der Waals surface area contributed by atoms with Crippen LogP contribution < -0.4 is 17.1 Å². The predicted octanol–water partition coefficient (Wildman–Crippen LogP) is 2.30. The van der Waals surface area contributed by atoms with Crippen LogP contribution in [-0.4, -0.2) is 14.1 Å². The molecule has 26 heavy (non-hydrogen) atoms. The average molecular weight is 369 g/mol. The second-order valence-corrected chi connectivity index (χ2v) is 7.35. The molecule has 6 nitrogen and oxygen atoms in total. The molecular formula is C19H19N3O3S. The molecule has 0 saturated heterocycles. The Morgan fingerprint density at radius 2 is 1.54 bits per heavy atom. The van der Waals surface area contributed by atoms with Gasteiger partial charge in [0.05, 0.1) is 5.69 Å². The van der Waals surface area contributed by atoms with Crippen molar-refractivity contribution < 1.29 is 0 Å². The molecule has 3 rings (SSSR count). The van der Waals surface area contributed by atoms with Crippen LogP contribution in [0.2, 0.25) is 0 Å². The Kier molecular flexibility index (Phi) is 4.73. The van der Waals surface area contributed by atoms with Gasteiger partial charge in [0.15, 0.2) is 0 Å². The van der Waals surface area contributed by atoms with Crippen LogP contribution in [0.5, 0.6) is 0 Å². The van der Waals surface area contributed by atoms with E-state index in [0.29, 0.717) is 5.69 Å². The summed E-state index contributed by atoms with van der Waals surface area (Å²) in [6.07, 6.45) is 0. The maximum absolute atomic E-state index is 12.4. The SMILES string of the molecule is Cc1ccc(Sc2cc(C)c(-n3c(=O)[nH]c(=O)n(C)c3=O)cc2C)cc1. The number of H-pyrrole nitrogens is 1. The fourth-order valence-electron chi connectivity index (χ4n) is 2.63. The van der Waals surface area contributed by atoms with Crippen molar-refractivity contribution in [2.24, 2.45) is 7.05 Å². The number of nitrogens with zero attached hydrogens (tertiary/aromatic N) is 2. The molecule has 0 radical (unpaired) electrons. The van der Waals surface area contributed by atoms with E-state index in [4.69, 9.17) is 0 Å². The van der Waals surface area contributed by atoms with Gasteiger partial charge in [-0.05, 0) is 56.2 Å². The van der Waals surface area contributed by atoms with Crippen molar-refractivity contribution in [1.29, 1.82) is 0 Å². The molecule has 0 amide bonds. The van der Waals surface area contributed by atoms with Gasteiger partial charge < -0.3 is 0 Å². The number of nitrogens with one attached hydrogen (secondary N) is 1. The summed E-state index contributed by atoms with van der Waals surface area (Å²) < 4.78 is 1.87. The molecule has 0 unspecified atom stereocenters. The molecule has 2 aromatic carbocycles. The molecule has 134 valence electrons. The number of benzene rings is 2. The van der Waals surface area contributed by atoms with Crippen LogP contribution in [0, 0.1) is 20.8 Å². The lowest BCUT2D eigenvalue weighted by Gasteiger charge is -2.13. The molecule has 1 N–H and O–H groups in total. The van der Waals surface area contributed by atoms with Crippen molar-refractivity contribution >= 4 is 11.8 Å². The Morgan fingerprint density at radius 1 is 0.885 bits per heavy atom. The summed E-state index contributed by atoms with van der Waals surface area (Å²) in [5.74, 6) is 0. The highest BCUT2D eigenvalue weighted by atomic mass is 32.2. The summed E-state index contributed by atoms with van der Waals surface area (Å²) in [5, 5.41) is 0. The van der Waals surface area contributed by atoms with Crippen molar-refractivity contribution in [2.75, 3.05) is 0 Å². The van der Waals surface area contributed by atoms with Gasteiger partial charge in [-0.1, -0.05) is 29.5 Å². The van der Waals surface area contributed by atoms with E-state index >= 15 is 0 Å². The highest BCUT2D eigenvalue weighted by Crippen LogP contribution is 2.32. The Labute approximate surface area is 154 Å². The first-order valence-corrected chi connectivity index (χ1v) is 8.88. The van der Waals surface area contributed by atoms with Crippen LogP contribution in [0.3, 0.4) is 0 Å². The maximum Gasteiger partial charge on any atom is 0.340 e. The van der Waals surface area contributed by atoms with Crippen molar-refractivity contribution in [3.8, 4) is 5.69 Å². The standard InChI is InChI=1S/C19H19N3O3S/c1-11-5-7-14(8-6-11)26-16-10-12(2)15(9-13(16)3)22-18(24)20-17(23)21(4)19(22)25/h5-10H,1-4H3,(H,20,23,24). The van der Waals surface area contributed by atoms with Gasteiger partial charge in [0.1, 0.15) is 0 Å². The minimum Gasteiger partial charge on any atom is -0.258 e. The molecule has 0 atom stereocenters. The molecule has 1 aromatic heterocycles. The second-order valence-electron chi connectivity index (χ2n) is 6.23. The number of aryl methyl sites for hydroxylation is 3. The van der Waals surface area contributed by atoms with Crippen LogP contribution in [0.25, 0.3) is 5.69 Å². The van der Waals surface area contributed by atoms with Crippen LogP contribution in [0.4, 0.5) is 0 Å². The van der Waals surface area contributed by atoms with E-state index in [1.165, 1.54) is 12.6 Å². The molecule has 0 spiro atoms. The second kappa shape index (κ2) is 6.84. The molecule has 0 aliphatic heterocycles. The first-order chi connectivity index (χ1) is 12.3. The van der Waals surface area contributed by atoms with E-state index in [2.05, 4.69) is 29.2 Å². The highest BCUT2D eigenvalue weighted by Gasteiger charge is 2.14. The van der Waals surface area contributed by atoms with Gasteiger partial charge in [-0.15, -0.1) is 0 Å². The molecule has 7 heteroatoms. The van der Waals surface area contributed by atoms with Crippen molar-refractivity contribution in [3.63, 3.8) is 0 Å². The van der Waals surface area contributed by atoms with E-state index in [-0.39, 0.29) is 0 Å². The molecule has 0 saturated carbocycles. The summed E-state index contributed by atoms with van der Waals surface area (Å²) in [4.78, 5) is 40.4. The first kappa shape index (κ1) is 18.0. The lowest BCUT2D eigenvalue weighted by atomic mass is 10.1. The van der Waals surface area contributed by atoms with Gasteiger partial charge in [-0.2, -0.15) is 0 Å². The first-order valence-electron chi connectivity index (χ1n) is 8.06. The zero-order chi connectivity index (χ0) is 19.0. The molecule has 0 bridgehead atoms. The van der Waals surface area contributed by atoms with Crippen molar-refractivity contribution in [3.05, 3.63) is 84.5 Å². The third-order valence-corrected chi connectivity index (χ3v) is 5.35. The third kappa shape index (κ3) is 3.30. The Hall–Kier alpha value is -2.80. The van der Waals surface area contributed by atoms with Crippen LogP contribution >= 0.6 is 11.8 Å². The van der Waals surface area contributed by atoms with Gasteiger partial charge >= 0.3 is 17.1 Å². The molecule has 0 aliphatic carbocycles. The third-order valence-electron chi connectivity index (χ3n) is 4.18. The van der Waals surface area contributed by atoms with Crippen molar-refractivity contribution in [2.45, 2.75) is 30.6 Å². The van der Waals surface area contributed by atoms with Crippen molar-refractivity contribution in [1.82, 2.24) is 14.1 Å². The smallest absolute Gasteiger partial charge is 0.258 e. The highest BCUT2D eigenvalue weighted by molar-refractivity contribution is 7.99. The predicted molar refractivity (Wildman–Crippen MR) is 103 cm³/mol. The van der Waals surface area contributed by atoms with E-state index in [1.807, 2.05) is 26.8 Å². The normalized spacial score (nSPS) is 10.9. The topological polar surface area (TPSA) is 76.9 Å². The molecule has 0 aliphatic rings. The van der Waals surface area contributed by atoms with Gasteiger partial charge in [-0.25, -0.2) is 23.5 Å². The number of rotatable bonds is 3. The summed E-state index contributed by atoms with van der Waals surface area (Å²) in [6, 6.07) is 12.0. The zero-order valence-corrected chi connectivity index (χ0v) is 15.8. The van der Waals surface area contributed by atoms with E-state index in [0.717, 1.165) is 30.1 Å². The van der Waals surface area contributed by atoms with Gasteiger partial charge in [-0.3, -0.25) is 4.98 Å². The lowest BCUT2D eigenvalue weighted by Crippen LogP contribution is -2.47. The molecule has 3 aromatic rings. The monoisotopic (exact) mass is 369 g/mol. The number of aromatic amines is 1. The summed E-state index contributed by atoms with van der Waals surface area (Å²) in [7, 11) is 1.33. The summed E-state index contributed by atoms with van der Waals surface area (Å²) in [5.41, 5.74) is 1.26. The zero-order valence-electron chi connectivity index (χ0n) is 15.0. The largest absolute Gasteiger partial charge is 0.340 e. The van der Waals surface area contributed by atoms with E-state index < -0.39 is 17.1 Å². The quantitative estimate of drug-likeness (QED) is 0.769. The fraction of sp³-hybridized carbons (Fsp3) is 0.211. The number of hydrogen-bond donors (Lipinski definition) is 1. The minimum absolute atomic E-state index is 0.470. The Balaban J connectivity index is 2.10. The summed E-state index contributed by atoms with van der Waals surface area (Å²) >= 11 is 1.63. The van der Waals surface area contributed by atoms with Gasteiger partial charge in [0.2, 0.25) is 0 Å². The Bertz CT molecular complexity index is 1150. The number of aromatic nitrogens is 3. The number of hydrogen-bond acceptors (Lipinski definition) is 4. The molecular weight excluding hydrogens is 350 g/mol. The molecule has 1 heterocycles. The van der Waals surface area contributed by atoms with Gasteiger partial charge in [0.25, 0.3) is 0 Å². The fourth-order valence-corrected chi connectivity index (χ4v) is 3.61.